The SMILES string of the molecule is CCCCN(CCO)C(=O)NCc1ccc(C)c(F)c1. The Morgan fingerprint density at radius 3 is 2.75 bits per heavy atom. The number of halogens is 1. The number of benzene rings is 1. The van der Waals surface area contributed by atoms with Crippen molar-refractivity contribution in [3.05, 3.63) is 35.1 Å². The molecule has 1 aromatic carbocycles. The van der Waals surface area contributed by atoms with Crippen molar-refractivity contribution in [3.63, 3.8) is 0 Å². The molecule has 0 atom stereocenters. The molecule has 0 saturated carbocycles. The van der Waals surface area contributed by atoms with Crippen LogP contribution < -0.4 is 5.32 Å². The fraction of sp³-hybridized carbons (Fsp3) is 0.533. The second-order valence-corrected chi connectivity index (χ2v) is 4.81. The van der Waals surface area contributed by atoms with Gasteiger partial charge in [0.05, 0.1) is 6.61 Å². The second kappa shape index (κ2) is 8.53. The number of carbonyl (C=O) groups is 1. The van der Waals surface area contributed by atoms with Crippen molar-refractivity contribution < 1.29 is 14.3 Å². The van der Waals surface area contributed by atoms with E-state index in [0.717, 1.165) is 18.4 Å². The fourth-order valence-corrected chi connectivity index (χ4v) is 1.82. The molecule has 0 fully saturated rings. The van der Waals surface area contributed by atoms with Crippen LogP contribution in [0.3, 0.4) is 0 Å². The first-order chi connectivity index (χ1) is 9.58. The van der Waals surface area contributed by atoms with Crippen LogP contribution in [0.2, 0.25) is 0 Å². The summed E-state index contributed by atoms with van der Waals surface area (Å²) in [7, 11) is 0. The first kappa shape index (κ1) is 16.4. The highest BCUT2D eigenvalue weighted by Gasteiger charge is 2.11. The van der Waals surface area contributed by atoms with E-state index in [-0.39, 0.29) is 25.0 Å². The molecular formula is C15H23FN2O2. The quantitative estimate of drug-likeness (QED) is 0.807. The molecule has 2 N–H and O–H groups in total. The molecule has 112 valence electrons. The van der Waals surface area contributed by atoms with Crippen LogP contribution in [0.4, 0.5) is 9.18 Å². The Hall–Kier alpha value is -1.62. The van der Waals surface area contributed by atoms with E-state index < -0.39 is 0 Å². The lowest BCUT2D eigenvalue weighted by Gasteiger charge is -2.22. The molecular weight excluding hydrogens is 259 g/mol. The molecule has 0 radical (unpaired) electrons. The molecule has 0 aromatic heterocycles. The summed E-state index contributed by atoms with van der Waals surface area (Å²) >= 11 is 0. The molecule has 4 nitrogen and oxygen atoms in total. The van der Waals surface area contributed by atoms with Crippen LogP contribution >= 0.6 is 0 Å². The summed E-state index contributed by atoms with van der Waals surface area (Å²) in [6.07, 6.45) is 1.88. The maximum atomic E-state index is 13.4. The number of unbranched alkanes of at least 4 members (excludes halogenated alkanes) is 1. The number of nitrogens with one attached hydrogen (secondary N) is 1. The largest absolute Gasteiger partial charge is 0.395 e. The smallest absolute Gasteiger partial charge is 0.317 e. The van der Waals surface area contributed by atoms with Gasteiger partial charge in [-0.2, -0.15) is 0 Å². The number of aliphatic hydroxyl groups is 1. The van der Waals surface area contributed by atoms with Crippen molar-refractivity contribution in [2.24, 2.45) is 0 Å². The molecule has 1 aromatic rings. The lowest BCUT2D eigenvalue weighted by Crippen LogP contribution is -2.41. The number of urea groups is 1. The third-order valence-corrected chi connectivity index (χ3v) is 3.12. The molecule has 0 aliphatic heterocycles. The summed E-state index contributed by atoms with van der Waals surface area (Å²) < 4.78 is 13.4. The number of aliphatic hydroxyl groups excluding tert-OH is 1. The van der Waals surface area contributed by atoms with Crippen LogP contribution in [0.5, 0.6) is 0 Å². The summed E-state index contributed by atoms with van der Waals surface area (Å²) in [5.41, 5.74) is 1.31. The predicted molar refractivity (Wildman–Crippen MR) is 76.9 cm³/mol. The Morgan fingerprint density at radius 2 is 2.15 bits per heavy atom. The van der Waals surface area contributed by atoms with Crippen LogP contribution in [0.1, 0.15) is 30.9 Å². The minimum Gasteiger partial charge on any atom is -0.395 e. The zero-order valence-electron chi connectivity index (χ0n) is 12.2. The van der Waals surface area contributed by atoms with Gasteiger partial charge in [-0.05, 0) is 30.5 Å². The van der Waals surface area contributed by atoms with E-state index in [0.29, 0.717) is 18.7 Å². The fourth-order valence-electron chi connectivity index (χ4n) is 1.82. The molecule has 0 unspecified atom stereocenters. The zero-order chi connectivity index (χ0) is 15.0. The average molecular weight is 282 g/mol. The van der Waals surface area contributed by atoms with Crippen molar-refractivity contribution in [1.82, 2.24) is 10.2 Å². The number of hydrogen-bond donors (Lipinski definition) is 2. The van der Waals surface area contributed by atoms with Gasteiger partial charge in [0.25, 0.3) is 0 Å². The van der Waals surface area contributed by atoms with E-state index in [9.17, 15) is 9.18 Å². The van der Waals surface area contributed by atoms with Gasteiger partial charge >= 0.3 is 6.03 Å². The molecule has 0 saturated heterocycles. The van der Waals surface area contributed by atoms with Gasteiger partial charge in [-0.25, -0.2) is 9.18 Å². The summed E-state index contributed by atoms with van der Waals surface area (Å²) in [4.78, 5) is 13.6. The van der Waals surface area contributed by atoms with Crippen LogP contribution in [-0.2, 0) is 6.54 Å². The molecule has 1 rings (SSSR count). The van der Waals surface area contributed by atoms with Crippen molar-refractivity contribution in [2.75, 3.05) is 19.7 Å². The minimum absolute atomic E-state index is 0.0592. The molecule has 0 aliphatic carbocycles. The lowest BCUT2D eigenvalue weighted by molar-refractivity contribution is 0.176. The maximum absolute atomic E-state index is 13.4. The second-order valence-electron chi connectivity index (χ2n) is 4.81. The van der Waals surface area contributed by atoms with Gasteiger partial charge in [0.2, 0.25) is 0 Å². The molecule has 0 bridgehead atoms. The van der Waals surface area contributed by atoms with Crippen LogP contribution in [0.25, 0.3) is 0 Å². The normalized spacial score (nSPS) is 10.4. The van der Waals surface area contributed by atoms with Crippen LogP contribution in [0.15, 0.2) is 18.2 Å². The predicted octanol–water partition coefficient (Wildman–Crippen LogP) is 2.44. The molecule has 20 heavy (non-hydrogen) atoms. The Kier molecular flexibility index (Phi) is 7.01. The highest BCUT2D eigenvalue weighted by molar-refractivity contribution is 5.74. The van der Waals surface area contributed by atoms with Gasteiger partial charge in [0.1, 0.15) is 5.82 Å². The van der Waals surface area contributed by atoms with Crippen LogP contribution in [-0.4, -0.2) is 35.7 Å². The molecule has 2 amide bonds. The standard InChI is InChI=1S/C15H23FN2O2/c1-3-4-7-18(8-9-19)15(20)17-11-13-6-5-12(2)14(16)10-13/h5-6,10,19H,3-4,7-9,11H2,1-2H3,(H,17,20). The topological polar surface area (TPSA) is 52.6 Å². The van der Waals surface area contributed by atoms with E-state index in [4.69, 9.17) is 5.11 Å². The number of nitrogens with zero attached hydrogens (tertiary/aromatic N) is 1. The highest BCUT2D eigenvalue weighted by atomic mass is 19.1. The van der Waals surface area contributed by atoms with Crippen molar-refractivity contribution in [2.45, 2.75) is 33.2 Å². The first-order valence-corrected chi connectivity index (χ1v) is 6.97. The lowest BCUT2D eigenvalue weighted by atomic mass is 10.1. The van der Waals surface area contributed by atoms with E-state index in [1.54, 1.807) is 24.0 Å². The summed E-state index contributed by atoms with van der Waals surface area (Å²) in [5, 5.41) is 11.7. The summed E-state index contributed by atoms with van der Waals surface area (Å²) in [6.45, 7) is 4.90. The van der Waals surface area contributed by atoms with E-state index in [2.05, 4.69) is 5.32 Å². The Morgan fingerprint density at radius 1 is 1.40 bits per heavy atom. The average Bonchev–Trinajstić information content (AvgIpc) is 2.44. The van der Waals surface area contributed by atoms with Gasteiger partial charge in [-0.3, -0.25) is 0 Å². The minimum atomic E-state index is -0.269. The van der Waals surface area contributed by atoms with Gasteiger partial charge < -0.3 is 15.3 Å². The maximum Gasteiger partial charge on any atom is 0.317 e. The van der Waals surface area contributed by atoms with Gasteiger partial charge in [0, 0.05) is 19.6 Å². The number of amides is 2. The van der Waals surface area contributed by atoms with Crippen molar-refractivity contribution in [3.8, 4) is 0 Å². The number of aryl methyl sites for hydroxylation is 1. The number of carbonyl (C=O) groups excluding carboxylic acids is 1. The summed E-state index contributed by atoms with van der Waals surface area (Å²) in [5.74, 6) is -0.269. The molecule has 5 heteroatoms. The van der Waals surface area contributed by atoms with E-state index in [1.807, 2.05) is 6.92 Å². The summed E-state index contributed by atoms with van der Waals surface area (Å²) in [6, 6.07) is 4.69. The Balaban J connectivity index is 2.52. The first-order valence-electron chi connectivity index (χ1n) is 6.97. The third-order valence-electron chi connectivity index (χ3n) is 3.12. The molecule has 0 spiro atoms. The molecule has 0 aliphatic rings. The Labute approximate surface area is 119 Å². The van der Waals surface area contributed by atoms with E-state index >= 15 is 0 Å². The van der Waals surface area contributed by atoms with Gasteiger partial charge in [-0.15, -0.1) is 0 Å². The Bertz CT molecular complexity index is 438. The van der Waals surface area contributed by atoms with Gasteiger partial charge in [-0.1, -0.05) is 25.5 Å². The third kappa shape index (κ3) is 5.17. The highest BCUT2D eigenvalue weighted by Crippen LogP contribution is 2.09. The van der Waals surface area contributed by atoms with E-state index in [1.165, 1.54) is 6.07 Å². The van der Waals surface area contributed by atoms with Gasteiger partial charge in [0.15, 0.2) is 0 Å². The zero-order valence-corrected chi connectivity index (χ0v) is 12.2. The van der Waals surface area contributed by atoms with Crippen molar-refractivity contribution >= 4 is 6.03 Å². The number of rotatable bonds is 7. The number of hydrogen-bond acceptors (Lipinski definition) is 2. The molecule has 0 heterocycles. The van der Waals surface area contributed by atoms with Crippen molar-refractivity contribution in [1.29, 1.82) is 0 Å². The monoisotopic (exact) mass is 282 g/mol. The van der Waals surface area contributed by atoms with Crippen LogP contribution in [0, 0.1) is 12.7 Å².